The lowest BCUT2D eigenvalue weighted by atomic mass is 9.91. The van der Waals surface area contributed by atoms with E-state index in [-0.39, 0.29) is 17.3 Å². The van der Waals surface area contributed by atoms with E-state index >= 15 is 0 Å². The quantitative estimate of drug-likeness (QED) is 0.657. The number of aryl methyl sites for hydroxylation is 2. The number of hydrogen-bond donors (Lipinski definition) is 0. The minimum absolute atomic E-state index is 0.0293. The highest BCUT2D eigenvalue weighted by atomic mass is 19.1. The van der Waals surface area contributed by atoms with Gasteiger partial charge in [0.25, 0.3) is 5.56 Å². The second-order valence-corrected chi connectivity index (χ2v) is 8.43. The molecule has 158 valence electrons. The maximum atomic E-state index is 13.4. The molecule has 6 nitrogen and oxygen atoms in total. The normalized spacial score (nSPS) is 19.6. The predicted molar refractivity (Wildman–Crippen MR) is 112 cm³/mol. The van der Waals surface area contributed by atoms with E-state index in [1.807, 2.05) is 6.92 Å². The molecule has 0 spiro atoms. The van der Waals surface area contributed by atoms with Crippen LogP contribution in [0, 0.1) is 12.7 Å². The topological polar surface area (TPSA) is 64.2 Å². The summed E-state index contributed by atoms with van der Waals surface area (Å²) in [6.07, 6.45) is 4.09. The molecule has 1 atom stereocenters. The zero-order chi connectivity index (χ0) is 21.5. The van der Waals surface area contributed by atoms with E-state index in [0.29, 0.717) is 29.9 Å². The van der Waals surface area contributed by atoms with Crippen LogP contribution in [0.3, 0.4) is 0 Å². The van der Waals surface area contributed by atoms with Crippen LogP contribution in [-0.4, -0.2) is 39.2 Å². The van der Waals surface area contributed by atoms with E-state index in [4.69, 9.17) is 5.89 Å². The van der Waals surface area contributed by atoms with Gasteiger partial charge >= 0.3 is 0 Å². The van der Waals surface area contributed by atoms with Gasteiger partial charge in [0.1, 0.15) is 11.6 Å². The first-order chi connectivity index (χ1) is 15.0. The molecule has 0 aliphatic carbocycles. The van der Waals surface area contributed by atoms with Crippen molar-refractivity contribution >= 4 is 11.0 Å². The number of nitrogens with zero attached hydrogens (tertiary/aromatic N) is 4. The Morgan fingerprint density at radius 3 is 2.93 bits per heavy atom. The molecule has 1 saturated heterocycles. The van der Waals surface area contributed by atoms with Crippen molar-refractivity contribution in [1.29, 1.82) is 0 Å². The highest BCUT2D eigenvalue weighted by Crippen LogP contribution is 2.32. The average Bonchev–Trinajstić information content (AvgIpc) is 3.17. The molecule has 5 rings (SSSR count). The third-order valence-corrected chi connectivity index (χ3v) is 6.50. The lowest BCUT2D eigenvalue weighted by Crippen LogP contribution is -2.37. The van der Waals surface area contributed by atoms with Gasteiger partial charge in [0.05, 0.1) is 5.69 Å². The van der Waals surface area contributed by atoms with Crippen LogP contribution in [-0.2, 0) is 19.4 Å². The van der Waals surface area contributed by atoms with E-state index < -0.39 is 6.40 Å². The molecule has 3 aromatic rings. The Balaban J connectivity index is 1.27. The number of halogens is 1. The van der Waals surface area contributed by atoms with Crippen LogP contribution in [0.25, 0.3) is 11.0 Å². The highest BCUT2D eigenvalue weighted by Gasteiger charge is 2.25. The van der Waals surface area contributed by atoms with Crippen molar-refractivity contribution in [3.05, 3.63) is 57.1 Å². The van der Waals surface area contributed by atoms with Gasteiger partial charge in [-0.15, -0.1) is 0 Å². The Morgan fingerprint density at radius 2 is 2.10 bits per heavy atom. The van der Waals surface area contributed by atoms with Gasteiger partial charge in [0.15, 0.2) is 5.58 Å². The zero-order valence-electron chi connectivity index (χ0n) is 18.2. The van der Waals surface area contributed by atoms with Crippen molar-refractivity contribution in [3.8, 4) is 0 Å². The van der Waals surface area contributed by atoms with E-state index in [0.717, 1.165) is 62.1 Å². The van der Waals surface area contributed by atoms with Crippen LogP contribution in [0.1, 0.15) is 55.7 Å². The number of fused-ring (bicyclic) bond motifs is 2. The summed E-state index contributed by atoms with van der Waals surface area (Å²) in [5.74, 6) is 0.796. The van der Waals surface area contributed by atoms with Crippen molar-refractivity contribution in [3.63, 3.8) is 0 Å². The number of likely N-dealkylation sites (tertiary alicyclic amines) is 1. The molecular formula is C23H27FN4O2. The fraction of sp³-hybridized carbons (Fsp3) is 0.522. The Labute approximate surface area is 176 Å². The molecule has 0 bridgehead atoms. The SMILES string of the molecule is [2H]C(CN1CCC(c2noc3cc(F)ccc23)CC1)c1c(C)nc2n(c1=O)CCCC2. The van der Waals surface area contributed by atoms with Crippen LogP contribution in [0.15, 0.2) is 27.5 Å². The summed E-state index contributed by atoms with van der Waals surface area (Å²) in [5, 5.41) is 5.09. The van der Waals surface area contributed by atoms with Crippen LogP contribution < -0.4 is 5.56 Å². The largest absolute Gasteiger partial charge is 0.356 e. The zero-order valence-corrected chi connectivity index (χ0v) is 17.2. The highest BCUT2D eigenvalue weighted by molar-refractivity contribution is 5.79. The fourth-order valence-corrected chi connectivity index (χ4v) is 4.78. The van der Waals surface area contributed by atoms with Gasteiger partial charge in [-0.25, -0.2) is 9.37 Å². The molecule has 7 heteroatoms. The molecule has 1 unspecified atom stereocenters. The summed E-state index contributed by atoms with van der Waals surface area (Å²) in [7, 11) is 0. The van der Waals surface area contributed by atoms with E-state index in [1.54, 1.807) is 10.6 Å². The molecule has 1 fully saturated rings. The number of rotatable bonds is 4. The summed E-state index contributed by atoms with van der Waals surface area (Å²) < 4.78 is 29.2. The van der Waals surface area contributed by atoms with Gasteiger partial charge < -0.3 is 9.42 Å². The van der Waals surface area contributed by atoms with Crippen LogP contribution >= 0.6 is 0 Å². The summed E-state index contributed by atoms with van der Waals surface area (Å²) in [4.78, 5) is 19.9. The Kier molecular flexibility index (Phi) is 4.83. The molecule has 30 heavy (non-hydrogen) atoms. The molecule has 0 radical (unpaired) electrons. The summed E-state index contributed by atoms with van der Waals surface area (Å²) in [6, 6.07) is 4.55. The lowest BCUT2D eigenvalue weighted by Gasteiger charge is -2.31. The van der Waals surface area contributed by atoms with Crippen LogP contribution in [0.2, 0.25) is 0 Å². The monoisotopic (exact) mass is 411 g/mol. The minimum atomic E-state index is -0.605. The Bertz CT molecular complexity index is 1170. The molecule has 2 aromatic heterocycles. The van der Waals surface area contributed by atoms with Crippen LogP contribution in [0.5, 0.6) is 0 Å². The van der Waals surface area contributed by atoms with Crippen molar-refractivity contribution in [2.45, 2.75) is 57.9 Å². The van der Waals surface area contributed by atoms with E-state index in [1.165, 1.54) is 12.1 Å². The maximum Gasteiger partial charge on any atom is 0.256 e. The molecule has 1 aromatic carbocycles. The molecule has 2 aliphatic rings. The summed E-state index contributed by atoms with van der Waals surface area (Å²) in [6.45, 7) is 4.75. The fourth-order valence-electron chi connectivity index (χ4n) is 4.78. The first kappa shape index (κ1) is 18.2. The third-order valence-electron chi connectivity index (χ3n) is 6.50. The number of hydrogen-bond acceptors (Lipinski definition) is 5. The predicted octanol–water partition coefficient (Wildman–Crippen LogP) is 3.59. The summed E-state index contributed by atoms with van der Waals surface area (Å²) >= 11 is 0. The van der Waals surface area contributed by atoms with Gasteiger partial charge in [0.2, 0.25) is 0 Å². The standard InChI is InChI=1S/C23H27FN4O2/c1-15-18(23(29)28-10-3-2-4-21(28)25-15)9-13-27-11-7-16(8-12-27)22-19-6-5-17(24)14-20(19)30-26-22/h5-6,14,16H,2-4,7-13H2,1H3/i9D. The smallest absolute Gasteiger partial charge is 0.256 e. The first-order valence-corrected chi connectivity index (χ1v) is 10.8. The third kappa shape index (κ3) is 3.55. The van der Waals surface area contributed by atoms with Gasteiger partial charge in [0, 0.05) is 49.5 Å². The molecule has 0 amide bonds. The Morgan fingerprint density at radius 1 is 1.27 bits per heavy atom. The van der Waals surface area contributed by atoms with E-state index in [2.05, 4.69) is 15.0 Å². The molecule has 4 heterocycles. The number of aromatic nitrogens is 3. The van der Waals surface area contributed by atoms with Crippen molar-refractivity contribution in [2.75, 3.05) is 19.6 Å². The van der Waals surface area contributed by atoms with Gasteiger partial charge in [-0.05, 0) is 64.2 Å². The molecule has 2 aliphatic heterocycles. The maximum absolute atomic E-state index is 13.4. The van der Waals surface area contributed by atoms with Gasteiger partial charge in [-0.1, -0.05) is 5.16 Å². The number of benzene rings is 1. The molecule has 0 saturated carbocycles. The second-order valence-electron chi connectivity index (χ2n) is 8.43. The van der Waals surface area contributed by atoms with Gasteiger partial charge in [-0.2, -0.15) is 0 Å². The molecule has 0 N–H and O–H groups in total. The number of piperidine rings is 1. The minimum Gasteiger partial charge on any atom is -0.356 e. The average molecular weight is 411 g/mol. The Hall–Kier alpha value is -2.54. The van der Waals surface area contributed by atoms with Crippen molar-refractivity contribution in [2.24, 2.45) is 0 Å². The van der Waals surface area contributed by atoms with E-state index in [9.17, 15) is 9.18 Å². The first-order valence-electron chi connectivity index (χ1n) is 11.4. The van der Waals surface area contributed by atoms with Gasteiger partial charge in [-0.3, -0.25) is 9.36 Å². The van der Waals surface area contributed by atoms with Crippen molar-refractivity contribution < 1.29 is 10.3 Å². The lowest BCUT2D eigenvalue weighted by molar-refractivity contribution is 0.211. The molecular weight excluding hydrogens is 383 g/mol. The summed E-state index contributed by atoms with van der Waals surface area (Å²) in [5.41, 5.74) is 2.59. The second kappa shape index (κ2) is 7.95. The van der Waals surface area contributed by atoms with Crippen molar-refractivity contribution in [1.82, 2.24) is 19.6 Å². The van der Waals surface area contributed by atoms with Crippen LogP contribution in [0.4, 0.5) is 4.39 Å².